The first kappa shape index (κ1) is 20.6. The van der Waals surface area contributed by atoms with Crippen molar-refractivity contribution in [2.45, 2.75) is 51.1 Å². The second-order valence-electron chi connectivity index (χ2n) is 7.65. The fourth-order valence-electron chi connectivity index (χ4n) is 4.12. The number of nitrogens with zero attached hydrogens (tertiary/aromatic N) is 2. The van der Waals surface area contributed by atoms with Gasteiger partial charge in [-0.05, 0) is 32.3 Å². The fourth-order valence-corrected chi connectivity index (χ4v) is 5.83. The van der Waals surface area contributed by atoms with Crippen LogP contribution in [0.15, 0.2) is 12.3 Å². The zero-order valence-electron chi connectivity index (χ0n) is 16.2. The van der Waals surface area contributed by atoms with Gasteiger partial charge in [0.25, 0.3) is 5.91 Å². The molecule has 2 heterocycles. The quantitative estimate of drug-likeness (QED) is 0.518. The van der Waals surface area contributed by atoms with E-state index in [0.717, 1.165) is 25.7 Å². The lowest BCUT2D eigenvalue weighted by atomic mass is 10.1. The van der Waals surface area contributed by atoms with Gasteiger partial charge in [-0.3, -0.25) is 9.59 Å². The van der Waals surface area contributed by atoms with E-state index in [9.17, 15) is 22.8 Å². The Hall–Kier alpha value is -2.16. The fraction of sp³-hybridized carbons (Fsp3) is 0.632. The summed E-state index contributed by atoms with van der Waals surface area (Å²) < 4.78 is 30.4. The average Bonchev–Trinajstić information content (AvgIpc) is 3.34. The van der Waals surface area contributed by atoms with E-state index in [1.54, 1.807) is 11.9 Å². The number of sulfone groups is 1. The number of esters is 1. The molecule has 28 heavy (non-hydrogen) atoms. The molecule has 2 fully saturated rings. The summed E-state index contributed by atoms with van der Waals surface area (Å²) in [5.41, 5.74) is 0.582. The van der Waals surface area contributed by atoms with Crippen LogP contribution in [0.25, 0.3) is 0 Å². The third kappa shape index (κ3) is 4.45. The van der Waals surface area contributed by atoms with Crippen molar-refractivity contribution in [3.63, 3.8) is 0 Å². The highest BCUT2D eigenvalue weighted by molar-refractivity contribution is 7.91. The standard InChI is InChI=1S/C19H26N2O6S/c1-13(22)14-9-17(20(2)10-14)19(24)27-11-18(23)21(15-5-3-4-6-15)16-7-8-28(25,26)12-16/h9-10,15-16H,3-8,11-12H2,1-2H3/t16-/m1/s1. The zero-order valence-corrected chi connectivity index (χ0v) is 17.0. The van der Waals surface area contributed by atoms with Gasteiger partial charge in [0, 0.05) is 30.9 Å². The second kappa shape index (κ2) is 8.06. The van der Waals surface area contributed by atoms with Crippen LogP contribution in [0.4, 0.5) is 0 Å². The van der Waals surface area contributed by atoms with Crippen molar-refractivity contribution < 1.29 is 27.5 Å². The molecule has 1 saturated heterocycles. The van der Waals surface area contributed by atoms with Gasteiger partial charge in [-0.15, -0.1) is 0 Å². The number of hydrogen-bond donors (Lipinski definition) is 0. The monoisotopic (exact) mass is 410 g/mol. The molecule has 9 heteroatoms. The minimum absolute atomic E-state index is 0.00357. The number of hydrogen-bond acceptors (Lipinski definition) is 6. The van der Waals surface area contributed by atoms with E-state index in [0.29, 0.717) is 12.0 Å². The highest BCUT2D eigenvalue weighted by Gasteiger charge is 2.39. The number of carbonyl (C=O) groups is 3. The first-order valence-corrected chi connectivity index (χ1v) is 11.4. The maximum absolute atomic E-state index is 12.9. The van der Waals surface area contributed by atoms with E-state index in [4.69, 9.17) is 4.74 Å². The van der Waals surface area contributed by atoms with Gasteiger partial charge in [-0.25, -0.2) is 13.2 Å². The van der Waals surface area contributed by atoms with Gasteiger partial charge in [0.15, 0.2) is 22.2 Å². The molecule has 3 rings (SSSR count). The second-order valence-corrected chi connectivity index (χ2v) is 9.88. The molecule has 1 aromatic rings. The number of aromatic nitrogens is 1. The lowest BCUT2D eigenvalue weighted by Crippen LogP contribution is -2.48. The first-order chi connectivity index (χ1) is 13.2. The molecular formula is C19H26N2O6S. The highest BCUT2D eigenvalue weighted by atomic mass is 32.2. The molecule has 1 aliphatic heterocycles. The molecule has 1 atom stereocenters. The van der Waals surface area contributed by atoms with Gasteiger partial charge in [0.1, 0.15) is 5.69 Å². The van der Waals surface area contributed by atoms with E-state index in [2.05, 4.69) is 0 Å². The number of ether oxygens (including phenoxy) is 1. The van der Waals surface area contributed by atoms with Gasteiger partial charge in [-0.1, -0.05) is 12.8 Å². The van der Waals surface area contributed by atoms with Crippen LogP contribution in [0, 0.1) is 0 Å². The van der Waals surface area contributed by atoms with Gasteiger partial charge >= 0.3 is 5.97 Å². The summed E-state index contributed by atoms with van der Waals surface area (Å²) >= 11 is 0. The molecule has 1 aromatic heterocycles. The summed E-state index contributed by atoms with van der Waals surface area (Å²) in [6, 6.07) is 1.09. The average molecular weight is 410 g/mol. The van der Waals surface area contributed by atoms with E-state index in [-0.39, 0.29) is 41.0 Å². The summed E-state index contributed by atoms with van der Waals surface area (Å²) in [5, 5.41) is 0. The molecule has 1 aliphatic carbocycles. The molecular weight excluding hydrogens is 384 g/mol. The molecule has 154 valence electrons. The highest BCUT2D eigenvalue weighted by Crippen LogP contribution is 2.29. The van der Waals surface area contributed by atoms with Crippen molar-refractivity contribution in [1.82, 2.24) is 9.47 Å². The van der Waals surface area contributed by atoms with E-state index in [1.807, 2.05) is 0 Å². The van der Waals surface area contributed by atoms with Crippen LogP contribution in [-0.4, -0.2) is 65.7 Å². The topological polar surface area (TPSA) is 103 Å². The largest absolute Gasteiger partial charge is 0.451 e. The summed E-state index contributed by atoms with van der Waals surface area (Å²) in [7, 11) is -1.50. The van der Waals surface area contributed by atoms with Gasteiger partial charge in [0.05, 0.1) is 11.5 Å². The smallest absolute Gasteiger partial charge is 0.355 e. The molecule has 0 N–H and O–H groups in total. The van der Waals surface area contributed by atoms with E-state index in [1.165, 1.54) is 23.8 Å². The molecule has 1 saturated carbocycles. The Labute approximate surface area is 164 Å². The number of carbonyl (C=O) groups excluding carboxylic acids is 3. The third-order valence-electron chi connectivity index (χ3n) is 5.56. The predicted molar refractivity (Wildman–Crippen MR) is 102 cm³/mol. The molecule has 8 nitrogen and oxygen atoms in total. The number of aryl methyl sites for hydroxylation is 1. The number of Topliss-reactive ketones (excluding diaryl/α,β-unsaturated/α-hetero) is 1. The van der Waals surface area contributed by atoms with Crippen LogP contribution < -0.4 is 0 Å². The molecule has 0 radical (unpaired) electrons. The van der Waals surface area contributed by atoms with Crippen molar-refractivity contribution >= 4 is 27.5 Å². The van der Waals surface area contributed by atoms with Crippen LogP contribution in [0.1, 0.15) is 59.9 Å². The van der Waals surface area contributed by atoms with Gasteiger partial charge < -0.3 is 14.2 Å². The zero-order chi connectivity index (χ0) is 20.5. The predicted octanol–water partition coefficient (Wildman–Crippen LogP) is 1.34. The maximum atomic E-state index is 12.9. The Kier molecular flexibility index (Phi) is 5.92. The lowest BCUT2D eigenvalue weighted by molar-refractivity contribution is -0.139. The van der Waals surface area contributed by atoms with Crippen LogP contribution in [0.3, 0.4) is 0 Å². The lowest BCUT2D eigenvalue weighted by Gasteiger charge is -2.33. The van der Waals surface area contributed by atoms with Gasteiger partial charge in [0.2, 0.25) is 0 Å². The summed E-state index contributed by atoms with van der Waals surface area (Å²) in [4.78, 5) is 38.3. The van der Waals surface area contributed by atoms with Crippen molar-refractivity contribution in [3.05, 3.63) is 23.5 Å². The minimum Gasteiger partial charge on any atom is -0.451 e. The Morgan fingerprint density at radius 3 is 2.39 bits per heavy atom. The molecule has 0 aromatic carbocycles. The molecule has 0 bridgehead atoms. The normalized spacial score (nSPS) is 21.6. The van der Waals surface area contributed by atoms with E-state index < -0.39 is 22.4 Å². The Morgan fingerprint density at radius 1 is 1.18 bits per heavy atom. The van der Waals surface area contributed by atoms with Gasteiger partial charge in [-0.2, -0.15) is 0 Å². The summed E-state index contributed by atoms with van der Waals surface area (Å²) in [6.45, 7) is 0.968. The molecule has 0 spiro atoms. The van der Waals surface area contributed by atoms with Crippen LogP contribution in [0.2, 0.25) is 0 Å². The maximum Gasteiger partial charge on any atom is 0.355 e. The first-order valence-electron chi connectivity index (χ1n) is 9.54. The van der Waals surface area contributed by atoms with Crippen LogP contribution in [0.5, 0.6) is 0 Å². The third-order valence-corrected chi connectivity index (χ3v) is 7.31. The summed E-state index contributed by atoms with van der Waals surface area (Å²) in [6.07, 6.45) is 5.66. The Bertz CT molecular complexity index is 882. The summed E-state index contributed by atoms with van der Waals surface area (Å²) in [5.74, 6) is -1.15. The minimum atomic E-state index is -3.13. The van der Waals surface area contributed by atoms with Crippen molar-refractivity contribution in [2.24, 2.45) is 7.05 Å². The molecule has 0 unspecified atom stereocenters. The van der Waals surface area contributed by atoms with E-state index >= 15 is 0 Å². The van der Waals surface area contributed by atoms with Crippen molar-refractivity contribution in [2.75, 3.05) is 18.1 Å². The SMILES string of the molecule is CC(=O)c1cc(C(=O)OCC(=O)N(C2CCCC2)[C@@H]2CCS(=O)(=O)C2)n(C)c1. The number of ketones is 1. The molecule has 1 amide bonds. The van der Waals surface area contributed by atoms with Crippen LogP contribution in [-0.2, 0) is 26.4 Å². The Morgan fingerprint density at radius 2 is 1.86 bits per heavy atom. The van der Waals surface area contributed by atoms with Crippen molar-refractivity contribution in [3.8, 4) is 0 Å². The number of amides is 1. The molecule has 2 aliphatic rings. The Balaban J connectivity index is 1.68. The van der Waals surface area contributed by atoms with Crippen molar-refractivity contribution in [1.29, 1.82) is 0 Å². The number of rotatable bonds is 6. The van der Waals surface area contributed by atoms with Crippen LogP contribution >= 0.6 is 0 Å².